The average Bonchev–Trinajstić information content (AvgIpc) is 2.95. The maximum Gasteiger partial charge on any atom is 0.328 e. The van der Waals surface area contributed by atoms with Gasteiger partial charge in [0.1, 0.15) is 0 Å². The fourth-order valence-corrected chi connectivity index (χ4v) is 3.63. The first-order valence-electron chi connectivity index (χ1n) is 9.94. The van der Waals surface area contributed by atoms with E-state index in [0.717, 1.165) is 23.0 Å². The van der Waals surface area contributed by atoms with Crippen LogP contribution in [0.15, 0.2) is 53.3 Å². The average molecular weight is 380 g/mol. The van der Waals surface area contributed by atoms with Gasteiger partial charge >= 0.3 is 5.69 Å². The molecule has 3 aromatic rings. The van der Waals surface area contributed by atoms with Crippen LogP contribution < -0.4 is 11.0 Å². The number of rotatable bonds is 7. The van der Waals surface area contributed by atoms with E-state index in [2.05, 4.69) is 50.4 Å². The molecular formula is C23H29N3O2. The van der Waals surface area contributed by atoms with Crippen molar-refractivity contribution >= 4 is 16.9 Å². The minimum atomic E-state index is -0.0930. The summed E-state index contributed by atoms with van der Waals surface area (Å²) in [7, 11) is 1.76. The Morgan fingerprint density at radius 3 is 2.29 bits per heavy atom. The highest BCUT2D eigenvalue weighted by atomic mass is 16.2. The third kappa shape index (κ3) is 4.03. The highest BCUT2D eigenvalue weighted by Gasteiger charge is 2.19. The molecule has 2 aromatic carbocycles. The van der Waals surface area contributed by atoms with Crippen molar-refractivity contribution in [1.82, 2.24) is 14.5 Å². The molecule has 1 aromatic heterocycles. The van der Waals surface area contributed by atoms with E-state index in [-0.39, 0.29) is 30.0 Å². The van der Waals surface area contributed by atoms with Crippen molar-refractivity contribution in [1.29, 1.82) is 0 Å². The zero-order valence-corrected chi connectivity index (χ0v) is 17.1. The molecule has 0 aliphatic heterocycles. The van der Waals surface area contributed by atoms with Crippen LogP contribution in [0.1, 0.15) is 44.4 Å². The topological polar surface area (TPSA) is 56.0 Å². The number of amides is 1. The second-order valence-electron chi connectivity index (χ2n) is 7.62. The van der Waals surface area contributed by atoms with Crippen LogP contribution >= 0.6 is 0 Å². The van der Waals surface area contributed by atoms with Gasteiger partial charge in [0.05, 0.1) is 17.1 Å². The molecule has 148 valence electrons. The van der Waals surface area contributed by atoms with Crippen molar-refractivity contribution in [2.75, 3.05) is 0 Å². The van der Waals surface area contributed by atoms with E-state index in [0.29, 0.717) is 6.54 Å². The number of carbonyl (C=O) groups excluding carboxylic acids is 1. The summed E-state index contributed by atoms with van der Waals surface area (Å²) < 4.78 is 3.30. The summed E-state index contributed by atoms with van der Waals surface area (Å²) in [6.45, 7) is 6.71. The maximum atomic E-state index is 12.6. The van der Waals surface area contributed by atoms with Crippen LogP contribution in [0.4, 0.5) is 0 Å². The number of aryl methyl sites for hydroxylation is 3. The third-order valence-corrected chi connectivity index (χ3v) is 5.34. The number of fused-ring (bicyclic) bond motifs is 1. The largest absolute Gasteiger partial charge is 0.349 e. The number of carbonyl (C=O) groups is 1. The normalized spacial score (nSPS) is 12.5. The van der Waals surface area contributed by atoms with E-state index in [1.807, 2.05) is 24.3 Å². The van der Waals surface area contributed by atoms with Crippen molar-refractivity contribution in [2.45, 2.75) is 46.2 Å². The zero-order valence-electron chi connectivity index (χ0n) is 17.1. The number of para-hydroxylation sites is 2. The zero-order chi connectivity index (χ0) is 20.3. The highest BCUT2D eigenvalue weighted by molar-refractivity contribution is 5.78. The molecule has 1 heterocycles. The fourth-order valence-electron chi connectivity index (χ4n) is 3.63. The van der Waals surface area contributed by atoms with Gasteiger partial charge in [-0.3, -0.25) is 13.9 Å². The first kappa shape index (κ1) is 19.9. The van der Waals surface area contributed by atoms with E-state index < -0.39 is 0 Å². The van der Waals surface area contributed by atoms with E-state index >= 15 is 0 Å². The van der Waals surface area contributed by atoms with Gasteiger partial charge in [-0.15, -0.1) is 0 Å². The molecule has 0 aliphatic carbocycles. The molecule has 5 nitrogen and oxygen atoms in total. The lowest BCUT2D eigenvalue weighted by Gasteiger charge is -2.23. The number of hydrogen-bond donors (Lipinski definition) is 1. The molecule has 0 radical (unpaired) electrons. The van der Waals surface area contributed by atoms with Crippen molar-refractivity contribution in [2.24, 2.45) is 13.0 Å². The molecule has 0 spiro atoms. The smallest absolute Gasteiger partial charge is 0.328 e. The Kier molecular flexibility index (Phi) is 6.02. The van der Waals surface area contributed by atoms with Crippen LogP contribution in [0, 0.1) is 5.92 Å². The Morgan fingerprint density at radius 2 is 1.68 bits per heavy atom. The monoisotopic (exact) mass is 379 g/mol. The lowest BCUT2D eigenvalue weighted by Crippen LogP contribution is -2.33. The van der Waals surface area contributed by atoms with Crippen molar-refractivity contribution in [3.8, 4) is 0 Å². The van der Waals surface area contributed by atoms with Crippen LogP contribution in [0.25, 0.3) is 11.0 Å². The molecule has 28 heavy (non-hydrogen) atoms. The predicted molar refractivity (Wildman–Crippen MR) is 113 cm³/mol. The van der Waals surface area contributed by atoms with Crippen molar-refractivity contribution < 1.29 is 4.79 Å². The Balaban J connectivity index is 1.72. The Hall–Kier alpha value is -2.82. The van der Waals surface area contributed by atoms with E-state index in [1.54, 1.807) is 16.2 Å². The van der Waals surface area contributed by atoms with Gasteiger partial charge in [0.15, 0.2) is 0 Å². The fraction of sp³-hybridized carbons (Fsp3) is 0.391. The summed E-state index contributed by atoms with van der Waals surface area (Å²) in [6.07, 6.45) is 1.27. The van der Waals surface area contributed by atoms with Gasteiger partial charge in [0, 0.05) is 20.0 Å². The van der Waals surface area contributed by atoms with Gasteiger partial charge < -0.3 is 5.32 Å². The third-order valence-electron chi connectivity index (χ3n) is 5.34. The first-order valence-corrected chi connectivity index (χ1v) is 9.94. The molecule has 0 saturated heterocycles. The molecule has 0 aliphatic rings. The maximum absolute atomic E-state index is 12.6. The van der Waals surface area contributed by atoms with Crippen molar-refractivity contribution in [3.63, 3.8) is 0 Å². The van der Waals surface area contributed by atoms with Crippen LogP contribution in [0.5, 0.6) is 0 Å². The summed E-state index contributed by atoms with van der Waals surface area (Å²) in [6, 6.07) is 16.0. The van der Waals surface area contributed by atoms with Crippen LogP contribution in [-0.2, 0) is 24.8 Å². The minimum Gasteiger partial charge on any atom is -0.349 e. The van der Waals surface area contributed by atoms with E-state index in [4.69, 9.17) is 0 Å². The molecule has 0 saturated carbocycles. The van der Waals surface area contributed by atoms with E-state index in [9.17, 15) is 9.59 Å². The number of imidazole rings is 1. The number of nitrogens with zero attached hydrogens (tertiary/aromatic N) is 2. The Bertz CT molecular complexity index is 1010. The Morgan fingerprint density at radius 1 is 1.04 bits per heavy atom. The Labute approximate surface area is 166 Å². The summed E-state index contributed by atoms with van der Waals surface area (Å²) in [5.41, 5.74) is 4.04. The number of nitrogens with one attached hydrogen (secondary N) is 1. The molecular weight excluding hydrogens is 350 g/mol. The second-order valence-corrected chi connectivity index (χ2v) is 7.62. The van der Waals surface area contributed by atoms with Gasteiger partial charge in [-0.05, 0) is 35.6 Å². The van der Waals surface area contributed by atoms with Gasteiger partial charge in [-0.1, -0.05) is 57.2 Å². The molecule has 1 unspecified atom stereocenters. The molecule has 5 heteroatoms. The highest BCUT2D eigenvalue weighted by Crippen LogP contribution is 2.22. The van der Waals surface area contributed by atoms with Crippen LogP contribution in [0.2, 0.25) is 0 Å². The molecule has 0 fully saturated rings. The number of hydrogen-bond acceptors (Lipinski definition) is 2. The quantitative estimate of drug-likeness (QED) is 0.679. The summed E-state index contributed by atoms with van der Waals surface area (Å²) in [5, 5.41) is 3.15. The molecule has 1 amide bonds. The molecule has 1 atom stereocenters. The number of benzene rings is 2. The summed E-state index contributed by atoms with van der Waals surface area (Å²) in [4.78, 5) is 25.2. The van der Waals surface area contributed by atoms with Crippen molar-refractivity contribution in [3.05, 3.63) is 70.1 Å². The van der Waals surface area contributed by atoms with Gasteiger partial charge in [0.2, 0.25) is 5.91 Å². The van der Waals surface area contributed by atoms with Gasteiger partial charge in [-0.25, -0.2) is 4.79 Å². The molecule has 1 N–H and O–H groups in total. The van der Waals surface area contributed by atoms with Crippen LogP contribution in [-0.4, -0.2) is 15.0 Å². The number of aromatic nitrogens is 2. The molecule has 0 bridgehead atoms. The standard InChI is InChI=1S/C23H29N3O2/c1-5-17-10-12-18(13-11-17)22(16(2)3)24-21(27)14-15-26-20-9-7-6-8-19(20)25(4)23(26)28/h6-13,16,22H,5,14-15H2,1-4H3,(H,24,27). The minimum absolute atomic E-state index is 0.0392. The summed E-state index contributed by atoms with van der Waals surface area (Å²) in [5.74, 6) is 0.231. The lowest BCUT2D eigenvalue weighted by molar-refractivity contribution is -0.122. The van der Waals surface area contributed by atoms with Gasteiger partial charge in [-0.2, -0.15) is 0 Å². The summed E-state index contributed by atoms with van der Waals surface area (Å²) >= 11 is 0. The van der Waals surface area contributed by atoms with E-state index in [1.165, 1.54) is 5.56 Å². The first-order chi connectivity index (χ1) is 13.4. The lowest BCUT2D eigenvalue weighted by atomic mass is 9.94. The molecule has 3 rings (SSSR count). The SMILES string of the molecule is CCc1ccc(C(NC(=O)CCn2c(=O)n(C)c3ccccc32)C(C)C)cc1. The second kappa shape index (κ2) is 8.46. The predicted octanol–water partition coefficient (Wildman–Crippen LogP) is 3.81. The van der Waals surface area contributed by atoms with Crippen LogP contribution in [0.3, 0.4) is 0 Å². The van der Waals surface area contributed by atoms with Gasteiger partial charge in [0.25, 0.3) is 0 Å².